The highest BCUT2D eigenvalue weighted by atomic mass is 16.5. The number of allylic oxidation sites excluding steroid dienone is 2. The number of nitrogens with zero attached hydrogens (tertiary/aromatic N) is 2. The molecule has 5 aliphatic rings. The molecule has 3 fully saturated rings. The zero-order valence-electron chi connectivity index (χ0n) is 24.7. The van der Waals surface area contributed by atoms with E-state index in [0.717, 1.165) is 62.8 Å². The number of methoxy groups -OCH3 is 1. The number of esters is 1. The van der Waals surface area contributed by atoms with Crippen LogP contribution < -0.4 is 0 Å². The topological polar surface area (TPSA) is 69.2 Å². The molecule has 1 heterocycles. The third kappa shape index (κ3) is 3.05. The molecular formula is C33H46N2O3. The van der Waals surface area contributed by atoms with E-state index >= 15 is 0 Å². The van der Waals surface area contributed by atoms with E-state index in [1.165, 1.54) is 12.7 Å². The van der Waals surface area contributed by atoms with Crippen LogP contribution in [0.4, 0.5) is 0 Å². The molecule has 0 radical (unpaired) electrons. The molecule has 0 N–H and O–H groups in total. The Morgan fingerprint density at radius 2 is 1.63 bits per heavy atom. The number of hydrogen-bond donors (Lipinski definition) is 0. The second-order valence-electron chi connectivity index (χ2n) is 15.5. The average molecular weight is 519 g/mol. The summed E-state index contributed by atoms with van der Waals surface area (Å²) in [4.78, 5) is 37.1. The quantitative estimate of drug-likeness (QED) is 0.390. The Morgan fingerprint density at radius 1 is 0.947 bits per heavy atom. The first-order valence-electron chi connectivity index (χ1n) is 14.8. The van der Waals surface area contributed by atoms with Crippen molar-refractivity contribution in [2.75, 3.05) is 7.11 Å². The summed E-state index contributed by atoms with van der Waals surface area (Å²) in [5.74, 6) is 0.782. The molecule has 6 rings (SSSR count). The fourth-order valence-electron chi connectivity index (χ4n) is 11.0. The van der Waals surface area contributed by atoms with Crippen molar-refractivity contribution >= 4 is 11.8 Å². The van der Waals surface area contributed by atoms with Crippen LogP contribution in [0.2, 0.25) is 0 Å². The monoisotopic (exact) mass is 518 g/mol. The van der Waals surface area contributed by atoms with Crippen LogP contribution in [0, 0.1) is 44.8 Å². The molecule has 0 amide bonds. The van der Waals surface area contributed by atoms with Gasteiger partial charge in [-0.3, -0.25) is 19.6 Å². The molecule has 0 aromatic carbocycles. The standard InChI is InChI=1S/C33H46N2O3/c1-28(2)24-9-10-33(7)25(31(24,5)19-22-26(28)35-16-15-34-22)23(36)17-20-21-18-30(4,27(37)38-8)12-11-29(21,3)13-14-32(20,33)6/h15-17,21,24-25H,9-14,18-19H2,1-8H3/t21-,24-,25+,29+,30-,31-,32+,33+/m0/s1. The van der Waals surface area contributed by atoms with Crippen LogP contribution in [-0.4, -0.2) is 28.8 Å². The van der Waals surface area contributed by atoms with E-state index in [0.29, 0.717) is 11.7 Å². The molecule has 1 aromatic heterocycles. The lowest BCUT2D eigenvalue weighted by molar-refractivity contribution is -0.174. The fourth-order valence-corrected chi connectivity index (χ4v) is 11.0. The van der Waals surface area contributed by atoms with Gasteiger partial charge < -0.3 is 4.74 Å². The Labute approximate surface area is 228 Å². The highest BCUT2D eigenvalue weighted by Crippen LogP contribution is 2.74. The smallest absolute Gasteiger partial charge is 0.311 e. The van der Waals surface area contributed by atoms with Crippen LogP contribution in [0.15, 0.2) is 24.0 Å². The first-order chi connectivity index (χ1) is 17.7. The number of hydrogen-bond acceptors (Lipinski definition) is 5. The lowest BCUT2D eigenvalue weighted by atomic mass is 9.33. The summed E-state index contributed by atoms with van der Waals surface area (Å²) in [6.45, 7) is 16.4. The molecule has 0 saturated heterocycles. The molecule has 5 nitrogen and oxygen atoms in total. The van der Waals surface area contributed by atoms with Crippen LogP contribution in [0.25, 0.3) is 0 Å². The summed E-state index contributed by atoms with van der Waals surface area (Å²) in [5.41, 5.74) is 2.68. The number of aromatic nitrogens is 2. The fraction of sp³-hybridized carbons (Fsp3) is 0.758. The summed E-state index contributed by atoms with van der Waals surface area (Å²) in [6, 6.07) is 0. The normalized spacial score (nSPS) is 46.9. The van der Waals surface area contributed by atoms with Gasteiger partial charge in [0.25, 0.3) is 0 Å². The molecule has 38 heavy (non-hydrogen) atoms. The Hall–Kier alpha value is -2.04. The minimum Gasteiger partial charge on any atom is -0.469 e. The SMILES string of the molecule is COC(=O)[C@@]1(C)CC[C@]2(C)CC[C@]3(C)C(=CC(=O)[C@@H]4[C@@]5(C)Cc6nccnc6C(C)(C)[C@@H]5CC[C@]43C)[C@@H]2C1. The van der Waals surface area contributed by atoms with E-state index in [4.69, 9.17) is 14.7 Å². The van der Waals surface area contributed by atoms with Crippen molar-refractivity contribution in [1.82, 2.24) is 9.97 Å². The predicted octanol–water partition coefficient (Wildman–Crippen LogP) is 6.64. The van der Waals surface area contributed by atoms with Crippen molar-refractivity contribution in [2.24, 2.45) is 44.8 Å². The van der Waals surface area contributed by atoms with E-state index in [9.17, 15) is 9.59 Å². The predicted molar refractivity (Wildman–Crippen MR) is 147 cm³/mol. The van der Waals surface area contributed by atoms with Gasteiger partial charge in [-0.05, 0) is 97.9 Å². The molecule has 0 bridgehead atoms. The van der Waals surface area contributed by atoms with Crippen molar-refractivity contribution in [1.29, 1.82) is 0 Å². The second kappa shape index (κ2) is 7.79. The Balaban J connectivity index is 1.48. The Bertz CT molecular complexity index is 1250. The van der Waals surface area contributed by atoms with E-state index < -0.39 is 5.41 Å². The highest BCUT2D eigenvalue weighted by molar-refractivity contribution is 5.96. The minimum absolute atomic E-state index is 0.0446. The van der Waals surface area contributed by atoms with Gasteiger partial charge in [-0.2, -0.15) is 0 Å². The lowest BCUT2D eigenvalue weighted by Crippen LogP contribution is -2.66. The number of ether oxygens (including phenoxy) is 1. The molecule has 0 spiro atoms. The van der Waals surface area contributed by atoms with E-state index in [1.54, 1.807) is 0 Å². The first-order valence-corrected chi connectivity index (χ1v) is 14.8. The number of fused-ring (bicyclic) bond motifs is 8. The van der Waals surface area contributed by atoms with Crippen molar-refractivity contribution in [2.45, 2.75) is 105 Å². The van der Waals surface area contributed by atoms with Gasteiger partial charge in [0.2, 0.25) is 0 Å². The van der Waals surface area contributed by atoms with Gasteiger partial charge in [0.15, 0.2) is 5.78 Å². The van der Waals surface area contributed by atoms with Gasteiger partial charge in [0, 0.05) is 23.7 Å². The van der Waals surface area contributed by atoms with Crippen molar-refractivity contribution in [3.63, 3.8) is 0 Å². The molecule has 3 saturated carbocycles. The number of carbonyl (C=O) groups excluding carboxylic acids is 2. The third-order valence-electron chi connectivity index (χ3n) is 13.3. The largest absolute Gasteiger partial charge is 0.469 e. The molecule has 0 aliphatic heterocycles. The van der Waals surface area contributed by atoms with Crippen LogP contribution in [0.1, 0.15) is 105 Å². The van der Waals surface area contributed by atoms with Gasteiger partial charge in [-0.15, -0.1) is 0 Å². The molecule has 206 valence electrons. The van der Waals surface area contributed by atoms with Gasteiger partial charge in [-0.1, -0.05) is 47.1 Å². The van der Waals surface area contributed by atoms with Gasteiger partial charge in [0.1, 0.15) is 0 Å². The maximum absolute atomic E-state index is 14.5. The van der Waals surface area contributed by atoms with E-state index in [2.05, 4.69) is 54.5 Å². The van der Waals surface area contributed by atoms with Gasteiger partial charge >= 0.3 is 5.97 Å². The zero-order valence-corrected chi connectivity index (χ0v) is 24.7. The van der Waals surface area contributed by atoms with E-state index in [1.807, 2.05) is 12.4 Å². The van der Waals surface area contributed by atoms with Crippen LogP contribution in [0.3, 0.4) is 0 Å². The molecule has 5 heteroatoms. The van der Waals surface area contributed by atoms with Crippen molar-refractivity contribution in [3.05, 3.63) is 35.4 Å². The minimum atomic E-state index is -0.488. The third-order valence-corrected chi connectivity index (χ3v) is 13.3. The van der Waals surface area contributed by atoms with Crippen LogP contribution in [0.5, 0.6) is 0 Å². The lowest BCUT2D eigenvalue weighted by Gasteiger charge is -2.69. The van der Waals surface area contributed by atoms with Crippen LogP contribution >= 0.6 is 0 Å². The van der Waals surface area contributed by atoms with Gasteiger partial charge in [-0.25, -0.2) is 0 Å². The van der Waals surface area contributed by atoms with Crippen molar-refractivity contribution < 1.29 is 14.3 Å². The number of carbonyl (C=O) groups is 2. The maximum atomic E-state index is 14.5. The van der Waals surface area contributed by atoms with Crippen molar-refractivity contribution in [3.8, 4) is 0 Å². The number of rotatable bonds is 1. The first kappa shape index (κ1) is 26.2. The summed E-state index contributed by atoms with van der Waals surface area (Å²) >= 11 is 0. The summed E-state index contributed by atoms with van der Waals surface area (Å²) < 4.78 is 5.28. The second-order valence-corrected chi connectivity index (χ2v) is 15.5. The number of ketones is 1. The molecule has 1 aromatic rings. The Kier molecular flexibility index (Phi) is 5.37. The highest BCUT2D eigenvalue weighted by Gasteiger charge is 2.70. The molecule has 8 atom stereocenters. The van der Waals surface area contributed by atoms with Crippen LogP contribution in [-0.2, 0) is 26.2 Å². The van der Waals surface area contributed by atoms with Gasteiger partial charge in [0.05, 0.1) is 23.9 Å². The molecule has 0 unspecified atom stereocenters. The molecule has 5 aliphatic carbocycles. The zero-order chi connectivity index (χ0) is 27.5. The average Bonchev–Trinajstić information content (AvgIpc) is 2.85. The summed E-state index contributed by atoms with van der Waals surface area (Å²) in [7, 11) is 1.51. The molecular weight excluding hydrogens is 472 g/mol. The maximum Gasteiger partial charge on any atom is 0.311 e. The Morgan fingerprint density at radius 3 is 2.34 bits per heavy atom. The summed E-state index contributed by atoms with van der Waals surface area (Å²) in [6.07, 6.45) is 13.6. The summed E-state index contributed by atoms with van der Waals surface area (Å²) in [5, 5.41) is 0. The van der Waals surface area contributed by atoms with E-state index in [-0.39, 0.29) is 44.9 Å².